The first-order valence-electron chi connectivity index (χ1n) is 12.7. The molecule has 0 bridgehead atoms. The van der Waals surface area contributed by atoms with E-state index >= 15 is 0 Å². The van der Waals surface area contributed by atoms with Crippen molar-refractivity contribution in [3.63, 3.8) is 0 Å². The van der Waals surface area contributed by atoms with Gasteiger partial charge in [-0.3, -0.25) is 4.79 Å². The zero-order chi connectivity index (χ0) is 21.0. The lowest BCUT2D eigenvalue weighted by Crippen LogP contribution is -2.52. The number of hydrogen-bond acceptors (Lipinski definition) is 3. The summed E-state index contributed by atoms with van der Waals surface area (Å²) < 4.78 is 5.59. The number of carbonyl (C=O) groups is 2. The molecule has 0 N–H and O–H groups in total. The molecule has 0 saturated heterocycles. The summed E-state index contributed by atoms with van der Waals surface area (Å²) in [6.45, 7) is 8.09. The third kappa shape index (κ3) is 3.21. The summed E-state index contributed by atoms with van der Waals surface area (Å²) in [6, 6.07) is 0. The van der Waals surface area contributed by atoms with Crippen molar-refractivity contribution in [1.29, 1.82) is 0 Å². The zero-order valence-corrected chi connectivity index (χ0v) is 19.0. The topological polar surface area (TPSA) is 43.4 Å². The number of hydrogen-bond donors (Lipinski definition) is 0. The molecule has 0 spiro atoms. The van der Waals surface area contributed by atoms with Crippen LogP contribution in [0.25, 0.3) is 0 Å². The molecule has 5 aliphatic carbocycles. The molecular weight excluding hydrogens is 372 g/mol. The molecule has 3 heteroatoms. The fourth-order valence-electron chi connectivity index (χ4n) is 9.54. The van der Waals surface area contributed by atoms with Crippen LogP contribution in [0.4, 0.5) is 0 Å². The Labute approximate surface area is 182 Å². The average Bonchev–Trinajstić information content (AvgIpc) is 3.13. The molecule has 5 fully saturated rings. The van der Waals surface area contributed by atoms with Gasteiger partial charge in [0.1, 0.15) is 12.4 Å². The van der Waals surface area contributed by atoms with Crippen LogP contribution in [0.1, 0.15) is 84.5 Å². The van der Waals surface area contributed by atoms with Gasteiger partial charge in [0.2, 0.25) is 0 Å². The highest BCUT2D eigenvalue weighted by molar-refractivity contribution is 5.66. The summed E-state index contributed by atoms with van der Waals surface area (Å²) in [5.41, 5.74) is 1.27. The van der Waals surface area contributed by atoms with Gasteiger partial charge in [-0.05, 0) is 125 Å². The number of allylic oxidation sites excluding steroid dienone is 1. The minimum atomic E-state index is -0.114. The Morgan fingerprint density at radius 3 is 2.23 bits per heavy atom. The van der Waals surface area contributed by atoms with Gasteiger partial charge in [0.25, 0.3) is 0 Å². The molecule has 0 aromatic heterocycles. The molecular formula is C27H40O3. The van der Waals surface area contributed by atoms with Crippen molar-refractivity contribution < 1.29 is 14.3 Å². The Morgan fingerprint density at radius 1 is 0.867 bits per heavy atom. The van der Waals surface area contributed by atoms with E-state index in [2.05, 4.69) is 13.5 Å². The van der Waals surface area contributed by atoms with Crippen LogP contribution in [-0.4, -0.2) is 18.4 Å². The average molecular weight is 413 g/mol. The normalized spacial score (nSPS) is 49.7. The maximum atomic E-state index is 12.3. The van der Waals surface area contributed by atoms with E-state index in [1.807, 2.05) is 0 Å². The van der Waals surface area contributed by atoms with E-state index in [4.69, 9.17) is 4.74 Å². The molecule has 0 aromatic rings. The van der Waals surface area contributed by atoms with Gasteiger partial charge in [-0.2, -0.15) is 0 Å². The molecule has 166 valence electrons. The van der Waals surface area contributed by atoms with Crippen molar-refractivity contribution in [3.05, 3.63) is 12.2 Å². The number of carbonyl (C=O) groups excluding carboxylic acids is 2. The molecule has 5 saturated carbocycles. The molecule has 0 radical (unpaired) electrons. The second-order valence-corrected chi connectivity index (χ2v) is 11.7. The number of aldehydes is 1. The van der Waals surface area contributed by atoms with Gasteiger partial charge in [0.15, 0.2) is 0 Å². The quantitative estimate of drug-likeness (QED) is 0.326. The Kier molecular flexibility index (Phi) is 5.39. The van der Waals surface area contributed by atoms with Gasteiger partial charge >= 0.3 is 5.97 Å². The van der Waals surface area contributed by atoms with E-state index < -0.39 is 0 Å². The number of rotatable bonds is 3. The summed E-state index contributed by atoms with van der Waals surface area (Å²) >= 11 is 0. The number of fused-ring (bicyclic) bond motifs is 7. The van der Waals surface area contributed by atoms with Crippen LogP contribution in [0, 0.1) is 52.8 Å². The third-order valence-corrected chi connectivity index (χ3v) is 10.5. The number of ether oxygens (including phenoxy) is 1. The summed E-state index contributed by atoms with van der Waals surface area (Å²) in [6.07, 6.45) is 15.0. The second-order valence-electron chi connectivity index (χ2n) is 11.7. The van der Waals surface area contributed by atoms with Crippen LogP contribution in [-0.2, 0) is 14.3 Å². The molecule has 5 aliphatic rings. The summed E-state index contributed by atoms with van der Waals surface area (Å²) in [5, 5.41) is 0. The molecule has 0 amide bonds. The fraction of sp³-hybridized carbons (Fsp3) is 0.852. The Hall–Kier alpha value is -1.12. The number of esters is 1. The molecule has 0 aliphatic heterocycles. The van der Waals surface area contributed by atoms with E-state index in [0.717, 1.165) is 61.2 Å². The standard InChI is InChI=1S/C27H40O3/c1-16(2)20-10-12-27(15-28)13-11-24-23-6-4-18-14-19(30-17(3)29)5-7-21(18)22(23)8-9-25(24)26(20)27/h15,18-26H,1,4-14H2,2-3H3/t18?,19?,20?,21-,22?,23+,24-,25?,26?,27?/m0/s1. The maximum absolute atomic E-state index is 12.3. The van der Waals surface area contributed by atoms with Crippen molar-refractivity contribution in [3.8, 4) is 0 Å². The second kappa shape index (κ2) is 7.78. The van der Waals surface area contributed by atoms with Gasteiger partial charge in [0, 0.05) is 12.3 Å². The molecule has 5 rings (SSSR count). The van der Waals surface area contributed by atoms with E-state index in [0.29, 0.717) is 11.8 Å². The Balaban J connectivity index is 1.34. The summed E-state index contributed by atoms with van der Waals surface area (Å²) in [5.74, 6) is 5.92. The van der Waals surface area contributed by atoms with Gasteiger partial charge in [0.05, 0.1) is 0 Å². The highest BCUT2D eigenvalue weighted by atomic mass is 16.5. The lowest BCUT2D eigenvalue weighted by molar-refractivity contribution is -0.152. The Bertz CT molecular complexity index is 713. The minimum Gasteiger partial charge on any atom is -0.463 e. The van der Waals surface area contributed by atoms with Gasteiger partial charge in [-0.15, -0.1) is 0 Å². The lowest BCUT2D eigenvalue weighted by Gasteiger charge is -2.58. The first-order chi connectivity index (χ1) is 14.4. The first kappa shape index (κ1) is 20.8. The molecule has 7 unspecified atom stereocenters. The molecule has 0 aromatic carbocycles. The van der Waals surface area contributed by atoms with Gasteiger partial charge in [-0.1, -0.05) is 12.2 Å². The van der Waals surface area contributed by atoms with Gasteiger partial charge in [-0.25, -0.2) is 0 Å². The molecule has 3 nitrogen and oxygen atoms in total. The third-order valence-electron chi connectivity index (χ3n) is 10.5. The van der Waals surface area contributed by atoms with Gasteiger partial charge < -0.3 is 9.53 Å². The van der Waals surface area contributed by atoms with E-state index in [1.165, 1.54) is 56.8 Å². The predicted octanol–water partition coefficient (Wildman–Crippen LogP) is 5.97. The van der Waals surface area contributed by atoms with Crippen LogP contribution in [0.3, 0.4) is 0 Å². The van der Waals surface area contributed by atoms with Crippen LogP contribution >= 0.6 is 0 Å². The summed E-state index contributed by atoms with van der Waals surface area (Å²) in [4.78, 5) is 23.7. The zero-order valence-electron chi connectivity index (χ0n) is 19.0. The summed E-state index contributed by atoms with van der Waals surface area (Å²) in [7, 11) is 0. The molecule has 0 heterocycles. The van der Waals surface area contributed by atoms with Crippen molar-refractivity contribution in [1.82, 2.24) is 0 Å². The Morgan fingerprint density at radius 2 is 1.50 bits per heavy atom. The molecule has 10 atom stereocenters. The fourth-order valence-corrected chi connectivity index (χ4v) is 9.54. The van der Waals surface area contributed by atoms with Crippen LogP contribution in [0.5, 0.6) is 0 Å². The van der Waals surface area contributed by atoms with E-state index in [1.54, 1.807) is 6.92 Å². The van der Waals surface area contributed by atoms with E-state index in [-0.39, 0.29) is 17.5 Å². The van der Waals surface area contributed by atoms with Crippen molar-refractivity contribution in [2.24, 2.45) is 52.8 Å². The van der Waals surface area contributed by atoms with E-state index in [9.17, 15) is 9.59 Å². The van der Waals surface area contributed by atoms with Crippen molar-refractivity contribution >= 4 is 12.3 Å². The smallest absolute Gasteiger partial charge is 0.302 e. The highest BCUT2D eigenvalue weighted by Crippen LogP contribution is 2.65. The van der Waals surface area contributed by atoms with Crippen LogP contribution < -0.4 is 0 Å². The van der Waals surface area contributed by atoms with Crippen molar-refractivity contribution in [2.75, 3.05) is 0 Å². The molecule has 30 heavy (non-hydrogen) atoms. The highest BCUT2D eigenvalue weighted by Gasteiger charge is 2.59. The van der Waals surface area contributed by atoms with Crippen LogP contribution in [0.15, 0.2) is 12.2 Å². The van der Waals surface area contributed by atoms with Crippen molar-refractivity contribution in [2.45, 2.75) is 90.6 Å². The van der Waals surface area contributed by atoms with Crippen LogP contribution in [0.2, 0.25) is 0 Å². The minimum absolute atomic E-state index is 0.0447. The monoisotopic (exact) mass is 412 g/mol. The lowest BCUT2D eigenvalue weighted by atomic mass is 9.46. The SMILES string of the molecule is C=C(C)C1CCC2(C=O)CC[C@@H]3C(CCC4[C@H]5CCC(OC(C)=O)CC5CC[C@H]43)C12. The maximum Gasteiger partial charge on any atom is 0.302 e. The first-order valence-corrected chi connectivity index (χ1v) is 12.7. The predicted molar refractivity (Wildman–Crippen MR) is 118 cm³/mol. The largest absolute Gasteiger partial charge is 0.463 e.